The molecule has 0 aliphatic rings. The number of fused-ring (bicyclic) bond motifs is 1. The van der Waals surface area contributed by atoms with E-state index in [4.69, 9.17) is 9.47 Å². The van der Waals surface area contributed by atoms with Gasteiger partial charge in [0.2, 0.25) is 0 Å². The van der Waals surface area contributed by atoms with E-state index in [1.54, 1.807) is 19.2 Å². The van der Waals surface area contributed by atoms with Gasteiger partial charge in [0.15, 0.2) is 11.5 Å². The summed E-state index contributed by atoms with van der Waals surface area (Å²) in [6, 6.07) is 10.5. The number of benzene rings is 2. The maximum absolute atomic E-state index is 14.1. The summed E-state index contributed by atoms with van der Waals surface area (Å²) in [5.41, 5.74) is 1.54. The molecule has 1 N–H and O–H groups in total. The summed E-state index contributed by atoms with van der Waals surface area (Å²) in [6.07, 6.45) is 2.35. The van der Waals surface area contributed by atoms with Crippen LogP contribution in [0, 0.1) is 5.82 Å². The summed E-state index contributed by atoms with van der Waals surface area (Å²) < 4.78 is 25.1. The van der Waals surface area contributed by atoms with E-state index in [1.807, 2.05) is 18.2 Å². The van der Waals surface area contributed by atoms with E-state index in [0.29, 0.717) is 41.4 Å². The van der Waals surface area contributed by atoms with E-state index in [9.17, 15) is 4.39 Å². The fourth-order valence-corrected chi connectivity index (χ4v) is 2.54. The molecule has 5 nitrogen and oxygen atoms in total. The van der Waals surface area contributed by atoms with E-state index in [2.05, 4.69) is 22.2 Å². The largest absolute Gasteiger partial charge is 0.493 e. The van der Waals surface area contributed by atoms with Gasteiger partial charge in [-0.3, -0.25) is 0 Å². The Labute approximate surface area is 145 Å². The highest BCUT2D eigenvalue weighted by Gasteiger charge is 2.10. The molecule has 6 heteroatoms. The molecule has 0 aliphatic carbocycles. The third kappa shape index (κ3) is 3.79. The number of ether oxygens (including phenoxy) is 2. The van der Waals surface area contributed by atoms with Crippen LogP contribution in [0.15, 0.2) is 42.7 Å². The van der Waals surface area contributed by atoms with Crippen LogP contribution >= 0.6 is 0 Å². The van der Waals surface area contributed by atoms with E-state index in [-0.39, 0.29) is 5.82 Å². The highest BCUT2D eigenvalue weighted by molar-refractivity contribution is 5.89. The maximum atomic E-state index is 14.1. The molecule has 0 amide bonds. The highest BCUT2D eigenvalue weighted by Crippen LogP contribution is 2.29. The normalized spacial score (nSPS) is 10.7. The molecule has 0 spiro atoms. The Morgan fingerprint density at radius 2 is 2.00 bits per heavy atom. The first-order valence-electron chi connectivity index (χ1n) is 8.15. The lowest BCUT2D eigenvalue weighted by atomic mass is 10.2. The second-order valence-corrected chi connectivity index (χ2v) is 5.54. The molecule has 0 saturated heterocycles. The van der Waals surface area contributed by atoms with Crippen molar-refractivity contribution in [1.29, 1.82) is 0 Å². The predicted molar refractivity (Wildman–Crippen MR) is 95.6 cm³/mol. The first-order chi connectivity index (χ1) is 12.2. The topological polar surface area (TPSA) is 56.3 Å². The van der Waals surface area contributed by atoms with Crippen molar-refractivity contribution in [3.63, 3.8) is 0 Å². The minimum Gasteiger partial charge on any atom is -0.493 e. The number of halogens is 1. The Balaban J connectivity index is 1.80. The standard InChI is InChI=1S/C19H20FN3O2/c1-3-9-25-16-8-7-13(10-17(16)24-2)11-21-19-18-14(20)5-4-6-15(18)22-12-23-19/h4-8,10,12H,3,9,11H2,1-2H3,(H,21,22,23). The van der Waals surface area contributed by atoms with Crippen molar-refractivity contribution in [2.75, 3.05) is 19.0 Å². The lowest BCUT2D eigenvalue weighted by molar-refractivity contribution is 0.294. The van der Waals surface area contributed by atoms with Gasteiger partial charge in [-0.1, -0.05) is 19.1 Å². The molecule has 3 aromatic rings. The first-order valence-corrected chi connectivity index (χ1v) is 8.15. The number of methoxy groups -OCH3 is 1. The van der Waals surface area contributed by atoms with E-state index < -0.39 is 0 Å². The number of anilines is 1. The molecule has 3 rings (SSSR count). The van der Waals surface area contributed by atoms with Gasteiger partial charge in [0.05, 0.1) is 24.6 Å². The summed E-state index contributed by atoms with van der Waals surface area (Å²) in [4.78, 5) is 8.26. The number of nitrogens with zero attached hydrogens (tertiary/aromatic N) is 2. The maximum Gasteiger partial charge on any atom is 0.161 e. The zero-order valence-electron chi connectivity index (χ0n) is 14.3. The summed E-state index contributed by atoms with van der Waals surface area (Å²) >= 11 is 0. The van der Waals surface area contributed by atoms with Gasteiger partial charge in [0.1, 0.15) is 18.0 Å². The van der Waals surface area contributed by atoms with E-state index >= 15 is 0 Å². The number of aromatic nitrogens is 2. The summed E-state index contributed by atoms with van der Waals surface area (Å²) in [6.45, 7) is 3.17. The predicted octanol–water partition coefficient (Wildman–Crippen LogP) is 4.18. The molecule has 1 heterocycles. The second-order valence-electron chi connectivity index (χ2n) is 5.54. The van der Waals surface area contributed by atoms with Gasteiger partial charge in [-0.15, -0.1) is 0 Å². The van der Waals surface area contributed by atoms with Gasteiger partial charge in [-0.05, 0) is 36.2 Å². The van der Waals surface area contributed by atoms with Crippen molar-refractivity contribution in [1.82, 2.24) is 9.97 Å². The molecule has 0 bridgehead atoms. The first kappa shape index (κ1) is 17.0. The van der Waals surface area contributed by atoms with Crippen LogP contribution < -0.4 is 14.8 Å². The quantitative estimate of drug-likeness (QED) is 0.699. The molecule has 130 valence electrons. The SMILES string of the molecule is CCCOc1ccc(CNc2ncnc3cccc(F)c23)cc1OC. The van der Waals surface area contributed by atoms with Crippen molar-refractivity contribution in [3.05, 3.63) is 54.1 Å². The fourth-order valence-electron chi connectivity index (χ4n) is 2.54. The minimum absolute atomic E-state index is 0.346. The monoisotopic (exact) mass is 341 g/mol. The number of hydrogen-bond acceptors (Lipinski definition) is 5. The van der Waals surface area contributed by atoms with Gasteiger partial charge >= 0.3 is 0 Å². The molecule has 2 aromatic carbocycles. The van der Waals surface area contributed by atoms with Crippen LogP contribution in [0.2, 0.25) is 0 Å². The van der Waals surface area contributed by atoms with Crippen LogP contribution in [0.3, 0.4) is 0 Å². The van der Waals surface area contributed by atoms with Crippen LogP contribution in [-0.4, -0.2) is 23.7 Å². The van der Waals surface area contributed by atoms with Crippen LogP contribution in [-0.2, 0) is 6.54 Å². The van der Waals surface area contributed by atoms with E-state index in [0.717, 1.165) is 12.0 Å². The molecule has 1 aromatic heterocycles. The Kier molecular flexibility index (Phi) is 5.28. The molecular weight excluding hydrogens is 321 g/mol. The average molecular weight is 341 g/mol. The molecule has 0 fully saturated rings. The summed E-state index contributed by atoms with van der Waals surface area (Å²) in [5, 5.41) is 3.56. The Morgan fingerprint density at radius 3 is 2.80 bits per heavy atom. The molecule has 0 saturated carbocycles. The van der Waals surface area contributed by atoms with Gasteiger partial charge in [0.25, 0.3) is 0 Å². The van der Waals surface area contributed by atoms with Crippen molar-refractivity contribution in [2.45, 2.75) is 19.9 Å². The second kappa shape index (κ2) is 7.79. The van der Waals surface area contributed by atoms with Crippen molar-refractivity contribution in [2.24, 2.45) is 0 Å². The number of nitrogens with one attached hydrogen (secondary N) is 1. The van der Waals surface area contributed by atoms with Gasteiger partial charge in [-0.25, -0.2) is 14.4 Å². The van der Waals surface area contributed by atoms with Crippen molar-refractivity contribution < 1.29 is 13.9 Å². The van der Waals surface area contributed by atoms with Crippen molar-refractivity contribution in [3.8, 4) is 11.5 Å². The van der Waals surface area contributed by atoms with E-state index in [1.165, 1.54) is 12.4 Å². The minimum atomic E-state index is -0.346. The molecule has 25 heavy (non-hydrogen) atoms. The zero-order chi connectivity index (χ0) is 17.6. The molecule has 0 unspecified atom stereocenters. The number of rotatable bonds is 7. The highest BCUT2D eigenvalue weighted by atomic mass is 19.1. The summed E-state index contributed by atoms with van der Waals surface area (Å²) in [7, 11) is 1.61. The van der Waals surface area contributed by atoms with Crippen LogP contribution in [0.25, 0.3) is 10.9 Å². The number of hydrogen-bond donors (Lipinski definition) is 1. The van der Waals surface area contributed by atoms with Crippen LogP contribution in [0.5, 0.6) is 11.5 Å². The third-order valence-electron chi connectivity index (χ3n) is 3.76. The smallest absolute Gasteiger partial charge is 0.161 e. The molecular formula is C19H20FN3O2. The van der Waals surface area contributed by atoms with Gasteiger partial charge in [-0.2, -0.15) is 0 Å². The lowest BCUT2D eigenvalue weighted by Crippen LogP contribution is -2.04. The fraction of sp³-hybridized carbons (Fsp3) is 0.263. The third-order valence-corrected chi connectivity index (χ3v) is 3.76. The Bertz CT molecular complexity index is 865. The molecule has 0 radical (unpaired) electrons. The molecule has 0 atom stereocenters. The average Bonchev–Trinajstić information content (AvgIpc) is 2.65. The lowest BCUT2D eigenvalue weighted by Gasteiger charge is -2.13. The molecule has 0 aliphatic heterocycles. The Morgan fingerprint density at radius 1 is 1.12 bits per heavy atom. The van der Waals surface area contributed by atoms with Gasteiger partial charge < -0.3 is 14.8 Å². The van der Waals surface area contributed by atoms with Crippen LogP contribution in [0.1, 0.15) is 18.9 Å². The van der Waals surface area contributed by atoms with Crippen molar-refractivity contribution >= 4 is 16.7 Å². The van der Waals surface area contributed by atoms with Crippen LogP contribution in [0.4, 0.5) is 10.2 Å². The summed E-state index contributed by atoms with van der Waals surface area (Å²) in [5.74, 6) is 1.51. The van der Waals surface area contributed by atoms with Gasteiger partial charge in [0, 0.05) is 6.54 Å². The zero-order valence-corrected chi connectivity index (χ0v) is 14.3. The Hall–Kier alpha value is -2.89.